The van der Waals surface area contributed by atoms with E-state index in [1.165, 1.54) is 12.1 Å². The van der Waals surface area contributed by atoms with Crippen molar-refractivity contribution in [1.82, 2.24) is 0 Å². The van der Waals surface area contributed by atoms with Crippen LogP contribution in [0.2, 0.25) is 0 Å². The monoisotopic (exact) mass is 293 g/mol. The summed E-state index contributed by atoms with van der Waals surface area (Å²) < 4.78 is 10.5. The normalized spacial score (nSPS) is 10.9. The first-order chi connectivity index (χ1) is 9.79. The molecule has 0 saturated carbocycles. The lowest BCUT2D eigenvalue weighted by Crippen LogP contribution is -2.15. The topological polar surface area (TPSA) is 109 Å². The van der Waals surface area contributed by atoms with Crippen molar-refractivity contribution in [1.29, 1.82) is 0 Å². The molecule has 112 valence electrons. The number of rotatable bonds is 3. The van der Waals surface area contributed by atoms with E-state index in [0.29, 0.717) is 10.9 Å². The van der Waals surface area contributed by atoms with Crippen molar-refractivity contribution in [2.24, 2.45) is 0 Å². The van der Waals surface area contributed by atoms with Gasteiger partial charge in [0.05, 0.1) is 6.10 Å². The van der Waals surface area contributed by atoms with Gasteiger partial charge in [0.25, 0.3) is 0 Å². The molecule has 2 rings (SSSR count). The molecule has 0 unspecified atom stereocenters. The van der Waals surface area contributed by atoms with E-state index in [1.807, 2.05) is 19.2 Å². The van der Waals surface area contributed by atoms with Crippen molar-refractivity contribution < 1.29 is 24.2 Å². The minimum atomic E-state index is -1.36. The number of hydrogen-bond acceptors (Lipinski definition) is 5. The van der Waals surface area contributed by atoms with Crippen LogP contribution < -0.4 is 15.7 Å². The molecule has 21 heavy (non-hydrogen) atoms. The second kappa shape index (κ2) is 5.35. The van der Waals surface area contributed by atoms with Crippen LogP contribution >= 0.6 is 0 Å². The zero-order valence-corrected chi connectivity index (χ0v) is 11.8. The smallest absolute Gasteiger partial charge is 0.409 e. The van der Waals surface area contributed by atoms with Gasteiger partial charge in [0.2, 0.25) is 0 Å². The van der Waals surface area contributed by atoms with E-state index in [9.17, 15) is 14.7 Å². The van der Waals surface area contributed by atoms with Gasteiger partial charge in [-0.05, 0) is 32.9 Å². The Bertz CT molecular complexity index is 762. The number of ether oxygens (including phenoxy) is 1. The predicted molar refractivity (Wildman–Crippen MR) is 76.3 cm³/mol. The van der Waals surface area contributed by atoms with Gasteiger partial charge in [0.1, 0.15) is 11.3 Å². The molecule has 0 fully saturated rings. The van der Waals surface area contributed by atoms with Gasteiger partial charge in [-0.1, -0.05) is 0 Å². The first-order valence-corrected chi connectivity index (χ1v) is 6.26. The molecular formula is C14H15NO6. The first kappa shape index (κ1) is 14.7. The van der Waals surface area contributed by atoms with E-state index in [-0.39, 0.29) is 28.9 Å². The number of phenols is 1. The predicted octanol–water partition coefficient (Wildman–Crippen LogP) is 2.68. The largest absolute Gasteiger partial charge is 0.504 e. The Labute approximate surface area is 119 Å². The number of benzene rings is 1. The molecule has 1 amide bonds. The van der Waals surface area contributed by atoms with Crippen LogP contribution in [-0.2, 0) is 0 Å². The molecule has 0 aliphatic rings. The second-order valence-electron chi connectivity index (χ2n) is 4.81. The van der Waals surface area contributed by atoms with E-state index < -0.39 is 11.7 Å². The lowest BCUT2D eigenvalue weighted by molar-refractivity contribution is 0.209. The Morgan fingerprint density at radius 2 is 2.05 bits per heavy atom. The van der Waals surface area contributed by atoms with Crippen LogP contribution in [0.25, 0.3) is 11.0 Å². The summed E-state index contributed by atoms with van der Waals surface area (Å²) in [6.07, 6.45) is -1.52. The maximum absolute atomic E-state index is 11.7. The molecule has 3 N–H and O–H groups in total. The fourth-order valence-corrected chi connectivity index (χ4v) is 1.93. The fourth-order valence-electron chi connectivity index (χ4n) is 1.93. The summed E-state index contributed by atoms with van der Waals surface area (Å²) in [5.74, 6) is 0.128. The number of carboxylic acid groups (broad SMARTS) is 1. The van der Waals surface area contributed by atoms with E-state index in [4.69, 9.17) is 14.3 Å². The number of hydrogen-bond donors (Lipinski definition) is 3. The highest BCUT2D eigenvalue weighted by molar-refractivity contribution is 5.90. The van der Waals surface area contributed by atoms with Crippen molar-refractivity contribution in [2.75, 3.05) is 5.32 Å². The van der Waals surface area contributed by atoms with Gasteiger partial charge in [-0.2, -0.15) is 0 Å². The molecule has 1 aromatic heterocycles. The average molecular weight is 293 g/mol. The second-order valence-corrected chi connectivity index (χ2v) is 4.81. The molecule has 2 aromatic rings. The van der Waals surface area contributed by atoms with E-state index in [0.717, 1.165) is 0 Å². The molecule has 0 radical (unpaired) electrons. The summed E-state index contributed by atoms with van der Waals surface area (Å²) in [4.78, 5) is 22.3. The van der Waals surface area contributed by atoms with Crippen LogP contribution in [0.5, 0.6) is 11.5 Å². The van der Waals surface area contributed by atoms with Gasteiger partial charge in [-0.15, -0.1) is 0 Å². The zero-order valence-electron chi connectivity index (χ0n) is 11.8. The Morgan fingerprint density at radius 1 is 1.38 bits per heavy atom. The molecule has 1 heterocycles. The number of aryl methyl sites for hydroxylation is 1. The maximum atomic E-state index is 11.7. The molecule has 0 aliphatic heterocycles. The minimum absolute atomic E-state index is 0.113. The molecular weight excluding hydrogens is 278 g/mol. The Morgan fingerprint density at radius 3 is 2.62 bits per heavy atom. The van der Waals surface area contributed by atoms with Gasteiger partial charge in [0.15, 0.2) is 11.5 Å². The summed E-state index contributed by atoms with van der Waals surface area (Å²) in [5, 5.41) is 21.1. The van der Waals surface area contributed by atoms with Gasteiger partial charge < -0.3 is 19.4 Å². The third-order valence-electron chi connectivity index (χ3n) is 2.80. The van der Waals surface area contributed by atoms with Gasteiger partial charge in [-0.25, -0.2) is 9.59 Å². The van der Waals surface area contributed by atoms with Gasteiger partial charge >= 0.3 is 11.7 Å². The fraction of sp³-hybridized carbons (Fsp3) is 0.286. The Balaban J connectivity index is 2.67. The standard InChI is InChI=1S/C14H15NO6/c1-6(2)20-10-5-8-4-9(15-14(18)19)13(17)21-12(8)7(3)11(10)16/h4-6,15-16H,1-3H3,(H,18,19). The lowest BCUT2D eigenvalue weighted by Gasteiger charge is -2.14. The SMILES string of the molecule is Cc1c(O)c(OC(C)C)cc2cc(NC(=O)O)c(=O)oc12. The number of fused-ring (bicyclic) bond motifs is 1. The van der Waals surface area contributed by atoms with Gasteiger partial charge in [0, 0.05) is 10.9 Å². The van der Waals surface area contributed by atoms with Crippen LogP contribution in [0.3, 0.4) is 0 Å². The van der Waals surface area contributed by atoms with Crippen molar-refractivity contribution in [2.45, 2.75) is 26.9 Å². The highest BCUT2D eigenvalue weighted by Gasteiger charge is 2.16. The van der Waals surface area contributed by atoms with Crippen molar-refractivity contribution in [3.63, 3.8) is 0 Å². The van der Waals surface area contributed by atoms with Crippen molar-refractivity contribution >= 4 is 22.7 Å². The molecule has 1 aromatic carbocycles. The lowest BCUT2D eigenvalue weighted by atomic mass is 10.1. The van der Waals surface area contributed by atoms with E-state index in [2.05, 4.69) is 0 Å². The minimum Gasteiger partial charge on any atom is -0.504 e. The zero-order chi connectivity index (χ0) is 15.7. The summed E-state index contributed by atoms with van der Waals surface area (Å²) in [7, 11) is 0. The summed E-state index contributed by atoms with van der Waals surface area (Å²) in [6, 6.07) is 2.84. The summed E-state index contributed by atoms with van der Waals surface area (Å²) in [5.41, 5.74) is -0.493. The number of nitrogens with one attached hydrogen (secondary N) is 1. The Kier molecular flexibility index (Phi) is 3.75. The van der Waals surface area contributed by atoms with Crippen LogP contribution in [0.4, 0.5) is 10.5 Å². The summed E-state index contributed by atoms with van der Waals surface area (Å²) in [6.45, 7) is 5.20. The molecule has 0 saturated heterocycles. The Hall–Kier alpha value is -2.70. The average Bonchev–Trinajstić information content (AvgIpc) is 2.37. The van der Waals surface area contributed by atoms with Crippen molar-refractivity contribution in [3.05, 3.63) is 28.1 Å². The first-order valence-electron chi connectivity index (χ1n) is 6.26. The molecule has 0 aliphatic carbocycles. The quantitative estimate of drug-likeness (QED) is 0.751. The molecule has 0 spiro atoms. The number of phenolic OH excluding ortho intramolecular Hbond substituents is 1. The van der Waals surface area contributed by atoms with Crippen LogP contribution in [-0.4, -0.2) is 22.4 Å². The molecule has 7 nitrogen and oxygen atoms in total. The van der Waals surface area contributed by atoms with Crippen LogP contribution in [0.1, 0.15) is 19.4 Å². The molecule has 7 heteroatoms. The van der Waals surface area contributed by atoms with E-state index >= 15 is 0 Å². The molecule has 0 atom stereocenters. The number of amides is 1. The van der Waals surface area contributed by atoms with E-state index in [1.54, 1.807) is 6.92 Å². The highest BCUT2D eigenvalue weighted by atomic mass is 16.5. The molecule has 0 bridgehead atoms. The summed E-state index contributed by atoms with van der Waals surface area (Å²) >= 11 is 0. The van der Waals surface area contributed by atoms with Crippen molar-refractivity contribution in [3.8, 4) is 11.5 Å². The number of anilines is 1. The van der Waals surface area contributed by atoms with Gasteiger partial charge in [-0.3, -0.25) is 5.32 Å². The number of carbonyl (C=O) groups is 1. The maximum Gasteiger partial charge on any atom is 0.409 e. The van der Waals surface area contributed by atoms with Crippen LogP contribution in [0.15, 0.2) is 21.3 Å². The third kappa shape index (κ3) is 2.91. The van der Waals surface area contributed by atoms with Crippen LogP contribution in [0, 0.1) is 6.92 Å². The number of aromatic hydroxyl groups is 1. The third-order valence-corrected chi connectivity index (χ3v) is 2.80. The highest BCUT2D eigenvalue weighted by Crippen LogP contribution is 2.36.